The summed E-state index contributed by atoms with van der Waals surface area (Å²) in [6.45, 7) is -0.700. The Balaban J connectivity index is 1.73. The van der Waals surface area contributed by atoms with Crippen LogP contribution in [0.15, 0.2) is 53.5 Å². The van der Waals surface area contributed by atoms with Crippen LogP contribution in [0.4, 0.5) is 18.0 Å². The van der Waals surface area contributed by atoms with Crippen LogP contribution >= 0.6 is 0 Å². The number of methoxy groups -OCH3 is 1. The third-order valence-corrected chi connectivity index (χ3v) is 6.94. The van der Waals surface area contributed by atoms with E-state index in [1.165, 1.54) is 46.1 Å². The van der Waals surface area contributed by atoms with Gasteiger partial charge in [0.15, 0.2) is 17.3 Å². The van der Waals surface area contributed by atoms with Crippen LogP contribution in [0.3, 0.4) is 0 Å². The normalized spacial score (nSPS) is 18.3. The fraction of sp³-hybridized carbons (Fsp3) is 0.296. The molecule has 2 aromatic carbocycles. The Labute approximate surface area is 220 Å². The van der Waals surface area contributed by atoms with Gasteiger partial charge in [0.25, 0.3) is 5.91 Å². The molecule has 5 rings (SSSR count). The second-order valence-electron chi connectivity index (χ2n) is 9.15. The molecule has 9 nitrogen and oxygen atoms in total. The Morgan fingerprint density at radius 3 is 2.49 bits per heavy atom. The molecule has 0 aliphatic carbocycles. The minimum atomic E-state index is -1.05. The fourth-order valence-corrected chi connectivity index (χ4v) is 5.15. The molecule has 2 aliphatic heterocycles. The first-order valence-electron chi connectivity index (χ1n) is 12.1. The number of rotatable bonds is 4. The SMILES string of the molecule is COC(=O)OCOc1c2n(ccc1=O)N1C(CCCc3cc(F)c(F)cc3[C@@H]1c1ccc(F)cc1)N(C)C2=O. The van der Waals surface area contributed by atoms with E-state index in [4.69, 9.17) is 9.47 Å². The monoisotopic (exact) mass is 543 g/mol. The summed E-state index contributed by atoms with van der Waals surface area (Å²) in [5.41, 5.74) is 0.723. The molecule has 3 aromatic rings. The Hall–Kier alpha value is -4.48. The number of nitrogens with zero attached hydrogens (tertiary/aromatic N) is 3. The Morgan fingerprint density at radius 1 is 1.05 bits per heavy atom. The first-order valence-corrected chi connectivity index (χ1v) is 12.1. The standard InChI is InChI=1S/C27H24F3N3O6/c1-31-22-5-3-4-16-12-19(29)20(30)13-18(16)23(15-6-8-17(28)9-7-15)33(22)32-11-10-21(34)25(24(32)26(31)35)38-14-39-27(36)37-2/h6-13,22-23H,3-5,14H2,1-2H3/t22?,23-/m0/s1. The predicted molar refractivity (Wildman–Crippen MR) is 131 cm³/mol. The minimum Gasteiger partial charge on any atom is -0.451 e. The maximum atomic E-state index is 14.7. The molecule has 204 valence electrons. The number of benzene rings is 2. The van der Waals surface area contributed by atoms with Gasteiger partial charge in [-0.15, -0.1) is 0 Å². The summed E-state index contributed by atoms with van der Waals surface area (Å²) in [7, 11) is 2.66. The average Bonchev–Trinajstić information content (AvgIpc) is 2.91. The number of halogens is 3. The molecular weight excluding hydrogens is 519 g/mol. The molecule has 2 aliphatic rings. The summed E-state index contributed by atoms with van der Waals surface area (Å²) in [6, 6.07) is 8.20. The van der Waals surface area contributed by atoms with Gasteiger partial charge in [0.05, 0.1) is 13.2 Å². The van der Waals surface area contributed by atoms with E-state index in [0.29, 0.717) is 36.0 Å². The topological polar surface area (TPSA) is 90.3 Å². The fourth-order valence-electron chi connectivity index (χ4n) is 5.15. The lowest BCUT2D eigenvalue weighted by Crippen LogP contribution is -2.61. The van der Waals surface area contributed by atoms with Crippen LogP contribution in [0.1, 0.15) is 46.1 Å². The maximum Gasteiger partial charge on any atom is 0.510 e. The zero-order chi connectivity index (χ0) is 27.8. The maximum absolute atomic E-state index is 14.7. The number of ether oxygens (including phenoxy) is 3. The summed E-state index contributed by atoms with van der Waals surface area (Å²) in [5, 5.41) is 1.76. The Kier molecular flexibility index (Phi) is 6.94. The van der Waals surface area contributed by atoms with Crippen molar-refractivity contribution >= 4 is 12.1 Å². The average molecular weight is 543 g/mol. The van der Waals surface area contributed by atoms with Crippen molar-refractivity contribution in [2.24, 2.45) is 0 Å². The molecule has 12 heteroatoms. The second kappa shape index (κ2) is 10.4. The summed E-state index contributed by atoms with van der Waals surface area (Å²) >= 11 is 0. The van der Waals surface area contributed by atoms with Crippen LogP contribution in [0.5, 0.6) is 5.75 Å². The lowest BCUT2D eigenvalue weighted by Gasteiger charge is -2.50. The number of fused-ring (bicyclic) bond motifs is 4. The van der Waals surface area contributed by atoms with Crippen molar-refractivity contribution in [1.29, 1.82) is 0 Å². The van der Waals surface area contributed by atoms with Gasteiger partial charge < -0.3 is 19.1 Å². The number of aromatic nitrogens is 1. The van der Waals surface area contributed by atoms with Gasteiger partial charge in [0.1, 0.15) is 12.0 Å². The highest BCUT2D eigenvalue weighted by atomic mass is 19.2. The predicted octanol–water partition coefficient (Wildman–Crippen LogP) is 3.86. The summed E-state index contributed by atoms with van der Waals surface area (Å²) < 4.78 is 58.9. The number of carbonyl (C=O) groups excluding carboxylic acids is 2. The van der Waals surface area contributed by atoms with E-state index in [0.717, 1.165) is 19.2 Å². The van der Waals surface area contributed by atoms with Gasteiger partial charge in [-0.25, -0.2) is 18.0 Å². The van der Waals surface area contributed by atoms with Crippen molar-refractivity contribution in [3.05, 3.63) is 98.7 Å². The van der Waals surface area contributed by atoms with E-state index in [1.807, 2.05) is 0 Å². The van der Waals surface area contributed by atoms with Crippen LogP contribution in [-0.2, 0) is 15.9 Å². The van der Waals surface area contributed by atoms with E-state index in [1.54, 1.807) is 12.1 Å². The molecule has 39 heavy (non-hydrogen) atoms. The number of hydrogen-bond donors (Lipinski definition) is 0. The van der Waals surface area contributed by atoms with E-state index in [-0.39, 0.29) is 11.4 Å². The zero-order valence-electron chi connectivity index (χ0n) is 21.0. The van der Waals surface area contributed by atoms with E-state index < -0.39 is 53.9 Å². The molecule has 0 N–H and O–H groups in total. The molecule has 3 heterocycles. The van der Waals surface area contributed by atoms with Crippen molar-refractivity contribution in [3.63, 3.8) is 0 Å². The molecular formula is C27H24F3N3O6. The molecule has 0 spiro atoms. The smallest absolute Gasteiger partial charge is 0.451 e. The Bertz CT molecular complexity index is 1490. The molecule has 0 saturated heterocycles. The van der Waals surface area contributed by atoms with Gasteiger partial charge in [0, 0.05) is 19.3 Å². The van der Waals surface area contributed by atoms with Crippen LogP contribution in [-0.4, -0.2) is 48.8 Å². The highest BCUT2D eigenvalue weighted by Gasteiger charge is 2.43. The van der Waals surface area contributed by atoms with Crippen molar-refractivity contribution in [2.75, 3.05) is 26.0 Å². The molecule has 0 radical (unpaired) electrons. The number of pyridine rings is 1. The third-order valence-electron chi connectivity index (χ3n) is 6.94. The molecule has 1 unspecified atom stereocenters. The van der Waals surface area contributed by atoms with E-state index >= 15 is 0 Å². The zero-order valence-corrected chi connectivity index (χ0v) is 21.0. The van der Waals surface area contributed by atoms with Crippen molar-refractivity contribution in [2.45, 2.75) is 31.5 Å². The van der Waals surface area contributed by atoms with Crippen molar-refractivity contribution in [1.82, 2.24) is 9.58 Å². The first-order chi connectivity index (χ1) is 18.7. The number of carbonyl (C=O) groups is 2. The first kappa shape index (κ1) is 26.1. The summed E-state index contributed by atoms with van der Waals surface area (Å²) in [4.78, 5) is 39.2. The molecule has 0 saturated carbocycles. The third kappa shape index (κ3) is 4.66. The van der Waals surface area contributed by atoms with Gasteiger partial charge in [-0.3, -0.25) is 19.3 Å². The lowest BCUT2D eigenvalue weighted by atomic mass is 9.88. The summed E-state index contributed by atoms with van der Waals surface area (Å²) in [6.07, 6.45) is 1.18. The Morgan fingerprint density at radius 2 is 1.77 bits per heavy atom. The molecule has 2 atom stereocenters. The van der Waals surface area contributed by atoms with E-state index in [2.05, 4.69) is 4.74 Å². The summed E-state index contributed by atoms with van der Waals surface area (Å²) in [5.74, 6) is -3.43. The lowest BCUT2D eigenvalue weighted by molar-refractivity contribution is 0.0131. The highest BCUT2D eigenvalue weighted by Crippen LogP contribution is 2.39. The van der Waals surface area contributed by atoms with Gasteiger partial charge in [-0.05, 0) is 60.2 Å². The molecule has 0 bridgehead atoms. The van der Waals surface area contributed by atoms with Crippen LogP contribution in [0.2, 0.25) is 0 Å². The van der Waals surface area contributed by atoms with Gasteiger partial charge in [-0.1, -0.05) is 12.1 Å². The minimum absolute atomic E-state index is 0.161. The molecule has 1 aromatic heterocycles. The largest absolute Gasteiger partial charge is 0.510 e. The van der Waals surface area contributed by atoms with Gasteiger partial charge in [0.2, 0.25) is 18.0 Å². The van der Waals surface area contributed by atoms with E-state index in [9.17, 15) is 27.6 Å². The number of amides is 1. The van der Waals surface area contributed by atoms with Crippen LogP contribution in [0.25, 0.3) is 0 Å². The van der Waals surface area contributed by atoms with Gasteiger partial charge >= 0.3 is 6.16 Å². The van der Waals surface area contributed by atoms with Crippen LogP contribution in [0, 0.1) is 17.5 Å². The molecule has 0 fully saturated rings. The molecule has 1 amide bonds. The highest BCUT2D eigenvalue weighted by molar-refractivity contribution is 5.96. The quantitative estimate of drug-likeness (QED) is 0.365. The number of hydrogen-bond acceptors (Lipinski definition) is 7. The second-order valence-corrected chi connectivity index (χ2v) is 9.15. The van der Waals surface area contributed by atoms with Crippen molar-refractivity contribution in [3.8, 4) is 5.75 Å². The number of aryl methyl sites for hydroxylation is 1. The van der Waals surface area contributed by atoms with Crippen molar-refractivity contribution < 1.29 is 37.0 Å². The van der Waals surface area contributed by atoms with Gasteiger partial charge in [-0.2, -0.15) is 0 Å². The van der Waals surface area contributed by atoms with Crippen LogP contribution < -0.4 is 15.2 Å².